The van der Waals surface area contributed by atoms with Gasteiger partial charge in [0.05, 0.1) is 11.8 Å². The summed E-state index contributed by atoms with van der Waals surface area (Å²) >= 11 is 0. The Morgan fingerprint density at radius 2 is 1.88 bits per heavy atom. The molecule has 0 aliphatic rings. The lowest BCUT2D eigenvalue weighted by atomic mass is 10.0. The smallest absolute Gasteiger partial charge is 0.212 e. The summed E-state index contributed by atoms with van der Waals surface area (Å²) in [6.45, 7) is 3.53. The molecule has 2 unspecified atom stereocenters. The van der Waals surface area contributed by atoms with Gasteiger partial charge in [0.1, 0.15) is 0 Å². The van der Waals surface area contributed by atoms with Gasteiger partial charge in [0.15, 0.2) is 0 Å². The van der Waals surface area contributed by atoms with Crippen molar-refractivity contribution in [2.45, 2.75) is 25.8 Å². The van der Waals surface area contributed by atoms with Crippen molar-refractivity contribution in [2.75, 3.05) is 5.75 Å². The Morgan fingerprint density at radius 1 is 1.29 bits per heavy atom. The summed E-state index contributed by atoms with van der Waals surface area (Å²) in [7, 11) is -3.33. The van der Waals surface area contributed by atoms with Crippen LogP contribution in [-0.4, -0.2) is 20.2 Å². The predicted octanol–water partition coefficient (Wildman–Crippen LogP) is 1.73. The molecule has 0 radical (unpaired) electrons. The molecule has 0 aliphatic heterocycles. The van der Waals surface area contributed by atoms with E-state index in [4.69, 9.17) is 6.42 Å². The Labute approximate surface area is 103 Å². The summed E-state index contributed by atoms with van der Waals surface area (Å²) in [5.74, 6) is 2.33. The molecule has 0 fully saturated rings. The van der Waals surface area contributed by atoms with Crippen molar-refractivity contribution in [1.29, 1.82) is 0 Å². The Balaban J connectivity index is 2.69. The van der Waals surface area contributed by atoms with E-state index in [2.05, 4.69) is 10.6 Å². The molecule has 0 saturated heterocycles. The molecule has 3 nitrogen and oxygen atoms in total. The summed E-state index contributed by atoms with van der Waals surface area (Å²) in [5, 5.41) is 0. The maximum Gasteiger partial charge on any atom is 0.213 e. The van der Waals surface area contributed by atoms with Crippen LogP contribution >= 0.6 is 0 Å². The van der Waals surface area contributed by atoms with Gasteiger partial charge in [-0.2, -0.15) is 0 Å². The van der Waals surface area contributed by atoms with Crippen molar-refractivity contribution < 1.29 is 8.42 Å². The molecular weight excluding hydrogens is 234 g/mol. The zero-order valence-corrected chi connectivity index (χ0v) is 10.9. The van der Waals surface area contributed by atoms with E-state index in [1.165, 1.54) is 0 Å². The topological polar surface area (TPSA) is 46.2 Å². The maximum absolute atomic E-state index is 11.8. The third-order valence-corrected chi connectivity index (χ3v) is 4.10. The second-order valence-corrected chi connectivity index (χ2v) is 5.90. The van der Waals surface area contributed by atoms with E-state index in [0.717, 1.165) is 5.56 Å². The molecule has 17 heavy (non-hydrogen) atoms. The zero-order valence-electron chi connectivity index (χ0n) is 10.1. The van der Waals surface area contributed by atoms with Gasteiger partial charge in [-0.3, -0.25) is 0 Å². The summed E-state index contributed by atoms with van der Waals surface area (Å²) in [6, 6.07) is 9.08. The molecule has 0 saturated carbocycles. The Bertz CT molecular complexity index is 488. The minimum atomic E-state index is -3.33. The summed E-state index contributed by atoms with van der Waals surface area (Å²) in [6.07, 6.45) is 5.14. The van der Waals surface area contributed by atoms with Crippen LogP contribution in [0.5, 0.6) is 0 Å². The van der Waals surface area contributed by atoms with Gasteiger partial charge >= 0.3 is 0 Å². The maximum atomic E-state index is 11.8. The van der Waals surface area contributed by atoms with E-state index in [1.807, 2.05) is 37.3 Å². The lowest BCUT2D eigenvalue weighted by molar-refractivity contribution is 0.572. The van der Waals surface area contributed by atoms with Crippen LogP contribution in [0.4, 0.5) is 0 Å². The fourth-order valence-electron chi connectivity index (χ4n) is 1.56. The highest BCUT2D eigenvalue weighted by atomic mass is 32.2. The molecule has 0 spiro atoms. The van der Waals surface area contributed by atoms with Gasteiger partial charge < -0.3 is 0 Å². The van der Waals surface area contributed by atoms with Crippen molar-refractivity contribution in [3.63, 3.8) is 0 Å². The van der Waals surface area contributed by atoms with E-state index in [-0.39, 0.29) is 11.7 Å². The largest absolute Gasteiger partial charge is 0.213 e. The molecular formula is C13H17NO2S. The first-order chi connectivity index (χ1) is 7.94. The van der Waals surface area contributed by atoms with Crippen LogP contribution in [0, 0.1) is 12.3 Å². The number of hydrogen-bond donors (Lipinski definition) is 1. The van der Waals surface area contributed by atoms with Gasteiger partial charge in [-0.25, -0.2) is 13.1 Å². The fourth-order valence-corrected chi connectivity index (χ4v) is 3.11. The number of terminal acetylenes is 1. The van der Waals surface area contributed by atoms with Crippen molar-refractivity contribution >= 4 is 10.0 Å². The second-order valence-electron chi connectivity index (χ2n) is 4.10. The average molecular weight is 251 g/mol. The fraction of sp³-hybridized carbons (Fsp3) is 0.385. The number of rotatable bonds is 5. The lowest BCUT2D eigenvalue weighted by Gasteiger charge is -2.14. The van der Waals surface area contributed by atoms with Crippen molar-refractivity contribution in [3.8, 4) is 12.3 Å². The molecule has 0 bridgehead atoms. The highest BCUT2D eigenvalue weighted by Crippen LogP contribution is 2.16. The quantitative estimate of drug-likeness (QED) is 0.810. The summed E-state index contributed by atoms with van der Waals surface area (Å²) in [4.78, 5) is 0. The molecule has 0 amide bonds. The highest BCUT2D eigenvalue weighted by molar-refractivity contribution is 7.89. The van der Waals surface area contributed by atoms with Crippen molar-refractivity contribution in [1.82, 2.24) is 4.72 Å². The predicted molar refractivity (Wildman–Crippen MR) is 70.1 cm³/mol. The van der Waals surface area contributed by atoms with Gasteiger partial charge in [0.2, 0.25) is 10.0 Å². The van der Waals surface area contributed by atoms with Gasteiger partial charge in [0.25, 0.3) is 0 Å². The molecule has 92 valence electrons. The minimum Gasteiger partial charge on any atom is -0.212 e. The van der Waals surface area contributed by atoms with E-state index >= 15 is 0 Å². The Hall–Kier alpha value is -1.31. The van der Waals surface area contributed by atoms with Gasteiger partial charge in [-0.1, -0.05) is 43.2 Å². The molecule has 1 aromatic carbocycles. The van der Waals surface area contributed by atoms with Crippen LogP contribution in [-0.2, 0) is 10.0 Å². The van der Waals surface area contributed by atoms with E-state index in [1.54, 1.807) is 6.92 Å². The monoisotopic (exact) mass is 251 g/mol. The molecule has 0 aromatic heterocycles. The first kappa shape index (κ1) is 13.8. The number of nitrogens with one attached hydrogen (secondary N) is 1. The van der Waals surface area contributed by atoms with Gasteiger partial charge in [-0.05, 0) is 18.4 Å². The normalized spacial score (nSPS) is 14.9. The Morgan fingerprint density at radius 3 is 2.41 bits per heavy atom. The van der Waals surface area contributed by atoms with Crippen molar-refractivity contribution in [2.24, 2.45) is 0 Å². The molecule has 0 aliphatic carbocycles. The van der Waals surface area contributed by atoms with Gasteiger partial charge in [-0.15, -0.1) is 6.42 Å². The Kier molecular flexibility index (Phi) is 4.73. The minimum absolute atomic E-state index is 0.0447. The summed E-state index contributed by atoms with van der Waals surface area (Å²) in [5.41, 5.74) is 1.01. The first-order valence-electron chi connectivity index (χ1n) is 5.45. The van der Waals surface area contributed by atoms with E-state index < -0.39 is 16.1 Å². The van der Waals surface area contributed by atoms with Crippen LogP contribution in [0.3, 0.4) is 0 Å². The zero-order chi connectivity index (χ0) is 12.9. The molecule has 1 rings (SSSR count). The second kappa shape index (κ2) is 5.85. The van der Waals surface area contributed by atoms with Crippen LogP contribution in [0.15, 0.2) is 30.3 Å². The third-order valence-electron chi connectivity index (χ3n) is 2.44. The van der Waals surface area contributed by atoms with Crippen LogP contribution < -0.4 is 4.72 Å². The van der Waals surface area contributed by atoms with Crippen LogP contribution in [0.2, 0.25) is 0 Å². The first-order valence-corrected chi connectivity index (χ1v) is 7.11. The molecule has 1 aromatic rings. The number of benzene rings is 1. The number of sulfonamides is 1. The molecule has 2 atom stereocenters. The van der Waals surface area contributed by atoms with E-state index in [9.17, 15) is 8.42 Å². The highest BCUT2D eigenvalue weighted by Gasteiger charge is 2.18. The van der Waals surface area contributed by atoms with Gasteiger partial charge in [0, 0.05) is 0 Å². The van der Waals surface area contributed by atoms with Crippen molar-refractivity contribution in [3.05, 3.63) is 35.9 Å². The molecule has 1 N–H and O–H groups in total. The molecule has 0 heterocycles. The number of hydrogen-bond acceptors (Lipinski definition) is 2. The molecule has 4 heteroatoms. The summed E-state index contributed by atoms with van der Waals surface area (Å²) < 4.78 is 26.0. The standard InChI is InChI=1S/C13H17NO2S/c1-4-12(3)14-17(15,16)10-11(2)13-8-6-5-7-9-13/h1,5-9,11-12,14H,10H2,2-3H3. The lowest BCUT2D eigenvalue weighted by Crippen LogP contribution is -2.34. The third kappa shape index (κ3) is 4.59. The van der Waals surface area contributed by atoms with Crippen LogP contribution in [0.25, 0.3) is 0 Å². The van der Waals surface area contributed by atoms with Crippen LogP contribution in [0.1, 0.15) is 25.3 Å². The van der Waals surface area contributed by atoms with E-state index in [0.29, 0.717) is 0 Å². The average Bonchev–Trinajstić information content (AvgIpc) is 2.28. The SMILES string of the molecule is C#CC(C)NS(=O)(=O)CC(C)c1ccccc1.